The van der Waals surface area contributed by atoms with Crippen LogP contribution >= 0.6 is 23.1 Å². The van der Waals surface area contributed by atoms with Crippen molar-refractivity contribution < 1.29 is 0 Å². The average Bonchev–Trinajstić information content (AvgIpc) is 2.87. The van der Waals surface area contributed by atoms with E-state index in [0.29, 0.717) is 0 Å². The van der Waals surface area contributed by atoms with Crippen molar-refractivity contribution in [2.75, 3.05) is 24.7 Å². The number of nitrogen functional groups attached to an aromatic ring is 1. The number of anilines is 2. The van der Waals surface area contributed by atoms with Crippen molar-refractivity contribution in [3.05, 3.63) is 30.5 Å². The molecule has 102 valence electrons. The van der Waals surface area contributed by atoms with Crippen LogP contribution in [0.3, 0.4) is 0 Å². The molecule has 0 saturated heterocycles. The Kier molecular flexibility index (Phi) is 3.45. The number of benzene rings is 1. The molecule has 0 amide bonds. The van der Waals surface area contributed by atoms with E-state index in [9.17, 15) is 0 Å². The first-order valence-electron chi connectivity index (χ1n) is 5.96. The Balaban J connectivity index is 1.97. The minimum atomic E-state index is 0.720. The Morgan fingerprint density at radius 3 is 2.80 bits per heavy atom. The highest BCUT2D eigenvalue weighted by atomic mass is 32.2. The third kappa shape index (κ3) is 2.54. The van der Waals surface area contributed by atoms with Gasteiger partial charge in [-0.25, -0.2) is 0 Å². The van der Waals surface area contributed by atoms with Gasteiger partial charge in [0.25, 0.3) is 0 Å². The third-order valence-corrected chi connectivity index (χ3v) is 4.92. The van der Waals surface area contributed by atoms with Crippen LogP contribution in [-0.2, 0) is 0 Å². The van der Waals surface area contributed by atoms with Crippen LogP contribution in [0.2, 0.25) is 0 Å². The van der Waals surface area contributed by atoms with Crippen LogP contribution in [0.1, 0.15) is 0 Å². The van der Waals surface area contributed by atoms with Crippen molar-refractivity contribution in [1.82, 2.24) is 15.2 Å². The molecule has 0 unspecified atom stereocenters. The molecular formula is C13H13N5S2. The van der Waals surface area contributed by atoms with Crippen LogP contribution in [0.15, 0.2) is 39.7 Å². The lowest BCUT2D eigenvalue weighted by Crippen LogP contribution is -2.07. The topological polar surface area (TPSA) is 67.9 Å². The van der Waals surface area contributed by atoms with Gasteiger partial charge in [-0.2, -0.15) is 0 Å². The Hall–Kier alpha value is -1.86. The molecule has 0 aliphatic heterocycles. The number of pyridine rings is 1. The minimum Gasteiger partial charge on any atom is -0.399 e. The van der Waals surface area contributed by atoms with E-state index >= 15 is 0 Å². The van der Waals surface area contributed by atoms with E-state index in [2.05, 4.69) is 15.2 Å². The summed E-state index contributed by atoms with van der Waals surface area (Å²) in [5.74, 6) is 0. The molecule has 2 N–H and O–H groups in total. The fourth-order valence-electron chi connectivity index (χ4n) is 1.75. The van der Waals surface area contributed by atoms with Crippen molar-refractivity contribution in [3.8, 4) is 0 Å². The zero-order valence-corrected chi connectivity index (χ0v) is 12.7. The van der Waals surface area contributed by atoms with Gasteiger partial charge in [-0.05, 0) is 24.3 Å². The van der Waals surface area contributed by atoms with Crippen molar-refractivity contribution in [2.24, 2.45) is 0 Å². The van der Waals surface area contributed by atoms with Crippen molar-refractivity contribution >= 4 is 44.8 Å². The lowest BCUT2D eigenvalue weighted by Gasteiger charge is -2.05. The molecule has 3 rings (SSSR count). The van der Waals surface area contributed by atoms with Gasteiger partial charge in [-0.3, -0.25) is 4.98 Å². The van der Waals surface area contributed by atoms with Crippen LogP contribution in [0.4, 0.5) is 10.8 Å². The normalized spacial score (nSPS) is 10.9. The molecule has 20 heavy (non-hydrogen) atoms. The van der Waals surface area contributed by atoms with Gasteiger partial charge in [0.1, 0.15) is 0 Å². The Morgan fingerprint density at radius 2 is 2.05 bits per heavy atom. The Labute approximate surface area is 124 Å². The van der Waals surface area contributed by atoms with E-state index < -0.39 is 0 Å². The summed E-state index contributed by atoms with van der Waals surface area (Å²) >= 11 is 3.17. The Morgan fingerprint density at radius 1 is 1.20 bits per heavy atom. The third-order valence-electron chi connectivity index (χ3n) is 2.70. The second-order valence-corrected chi connectivity index (χ2v) is 6.68. The molecule has 0 fully saturated rings. The fraction of sp³-hybridized carbons (Fsp3) is 0.154. The van der Waals surface area contributed by atoms with Gasteiger partial charge in [0.05, 0.1) is 5.52 Å². The first kappa shape index (κ1) is 13.1. The van der Waals surface area contributed by atoms with Gasteiger partial charge < -0.3 is 10.6 Å². The highest BCUT2D eigenvalue weighted by molar-refractivity contribution is 8.01. The highest BCUT2D eigenvalue weighted by Gasteiger charge is 2.10. The lowest BCUT2D eigenvalue weighted by molar-refractivity contribution is 0.973. The van der Waals surface area contributed by atoms with Gasteiger partial charge >= 0.3 is 0 Å². The average molecular weight is 303 g/mol. The SMILES string of the molecule is CN(C)c1nnc(Sc2ccnc3cc(N)ccc23)s1. The maximum atomic E-state index is 5.79. The monoisotopic (exact) mass is 303 g/mol. The second-order valence-electron chi connectivity index (χ2n) is 4.43. The molecule has 0 aliphatic rings. The van der Waals surface area contributed by atoms with Gasteiger partial charge in [0, 0.05) is 36.3 Å². The van der Waals surface area contributed by atoms with Gasteiger partial charge in [-0.15, -0.1) is 10.2 Å². The zero-order chi connectivity index (χ0) is 14.1. The second kappa shape index (κ2) is 5.26. The molecule has 1 aromatic carbocycles. The highest BCUT2D eigenvalue weighted by Crippen LogP contribution is 2.36. The molecule has 7 heteroatoms. The molecule has 0 aliphatic carbocycles. The summed E-state index contributed by atoms with van der Waals surface area (Å²) < 4.78 is 0.915. The molecular weight excluding hydrogens is 290 g/mol. The van der Waals surface area contributed by atoms with E-state index in [-0.39, 0.29) is 0 Å². The fourth-order valence-corrected chi connectivity index (χ4v) is 3.59. The number of rotatable bonds is 3. The smallest absolute Gasteiger partial charge is 0.208 e. The summed E-state index contributed by atoms with van der Waals surface area (Å²) in [5, 5.41) is 10.3. The number of aromatic nitrogens is 3. The predicted octanol–water partition coefficient (Wildman–Crippen LogP) is 2.89. The quantitative estimate of drug-likeness (QED) is 0.750. The van der Waals surface area contributed by atoms with Crippen LogP contribution in [0, 0.1) is 0 Å². The first-order valence-corrected chi connectivity index (χ1v) is 7.60. The van der Waals surface area contributed by atoms with Crippen molar-refractivity contribution in [2.45, 2.75) is 9.24 Å². The van der Waals surface area contributed by atoms with E-state index in [1.165, 1.54) is 0 Å². The van der Waals surface area contributed by atoms with Gasteiger partial charge in [0.15, 0.2) is 4.34 Å². The molecule has 2 aromatic heterocycles. The molecule has 0 bridgehead atoms. The zero-order valence-electron chi connectivity index (χ0n) is 11.1. The minimum absolute atomic E-state index is 0.720. The van der Waals surface area contributed by atoms with Crippen LogP contribution in [-0.4, -0.2) is 29.3 Å². The van der Waals surface area contributed by atoms with E-state index in [4.69, 9.17) is 5.73 Å². The molecule has 0 radical (unpaired) electrons. The molecule has 5 nitrogen and oxygen atoms in total. The van der Waals surface area contributed by atoms with Gasteiger partial charge in [-0.1, -0.05) is 23.1 Å². The van der Waals surface area contributed by atoms with E-state index in [1.807, 2.05) is 43.3 Å². The molecule has 2 heterocycles. The number of hydrogen-bond acceptors (Lipinski definition) is 7. The van der Waals surface area contributed by atoms with Crippen molar-refractivity contribution in [1.29, 1.82) is 0 Å². The largest absolute Gasteiger partial charge is 0.399 e. The summed E-state index contributed by atoms with van der Waals surface area (Å²) in [6.07, 6.45) is 1.79. The first-order chi connectivity index (χ1) is 9.63. The maximum Gasteiger partial charge on any atom is 0.208 e. The molecule has 0 spiro atoms. The lowest BCUT2D eigenvalue weighted by atomic mass is 10.2. The van der Waals surface area contributed by atoms with Gasteiger partial charge in [0.2, 0.25) is 5.13 Å². The summed E-state index contributed by atoms with van der Waals surface area (Å²) in [4.78, 5) is 7.40. The van der Waals surface area contributed by atoms with Crippen molar-refractivity contribution in [3.63, 3.8) is 0 Å². The molecule has 0 saturated carbocycles. The maximum absolute atomic E-state index is 5.79. The van der Waals surface area contributed by atoms with Crippen LogP contribution in [0.5, 0.6) is 0 Å². The summed E-state index contributed by atoms with van der Waals surface area (Å²) in [7, 11) is 3.92. The summed E-state index contributed by atoms with van der Waals surface area (Å²) in [6.45, 7) is 0. The number of hydrogen-bond donors (Lipinski definition) is 1. The van der Waals surface area contributed by atoms with E-state index in [1.54, 1.807) is 29.3 Å². The number of nitrogens with zero attached hydrogens (tertiary/aromatic N) is 4. The Bertz CT molecular complexity index is 753. The standard InChI is InChI=1S/C13H13N5S2/c1-18(2)12-16-17-13(20-12)19-11-5-6-15-10-7-8(14)3-4-9(10)11/h3-7H,14H2,1-2H3. The summed E-state index contributed by atoms with van der Waals surface area (Å²) in [6, 6.07) is 7.75. The van der Waals surface area contributed by atoms with Crippen LogP contribution in [0.25, 0.3) is 10.9 Å². The summed E-state index contributed by atoms with van der Waals surface area (Å²) in [5.41, 5.74) is 7.41. The number of fused-ring (bicyclic) bond motifs is 1. The number of nitrogens with two attached hydrogens (primary N) is 1. The van der Waals surface area contributed by atoms with Crippen LogP contribution < -0.4 is 10.6 Å². The molecule has 3 aromatic rings. The molecule has 0 atom stereocenters. The predicted molar refractivity (Wildman–Crippen MR) is 84.5 cm³/mol. The van der Waals surface area contributed by atoms with E-state index in [0.717, 1.165) is 31.0 Å².